The van der Waals surface area contributed by atoms with Crippen LogP contribution in [0.4, 0.5) is 0 Å². The molecule has 0 aliphatic carbocycles. The van der Waals surface area contributed by atoms with Crippen LogP contribution in [0.5, 0.6) is 0 Å². The molecule has 2 N–H and O–H groups in total. The highest BCUT2D eigenvalue weighted by atomic mass is 35.5. The largest absolute Gasteiger partial charge is 0.328 e. The smallest absolute Gasteiger partial charge is 0.0406 e. The van der Waals surface area contributed by atoms with Gasteiger partial charge in [-0.3, -0.25) is 4.90 Å². The van der Waals surface area contributed by atoms with E-state index in [-0.39, 0.29) is 0 Å². The molecule has 2 nitrogen and oxygen atoms in total. The minimum atomic E-state index is 0.311. The third-order valence-electron chi connectivity index (χ3n) is 4.30. The molecular formula is C16H25ClN2. The van der Waals surface area contributed by atoms with Gasteiger partial charge in [0.2, 0.25) is 0 Å². The molecule has 3 atom stereocenters. The SMILES string of the molecule is CC(N)C1CCCN(C(C)Cc2ccc(Cl)cc2)C1. The van der Waals surface area contributed by atoms with Crippen molar-refractivity contribution in [1.29, 1.82) is 0 Å². The molecule has 0 bridgehead atoms. The topological polar surface area (TPSA) is 29.3 Å². The van der Waals surface area contributed by atoms with Crippen LogP contribution in [0, 0.1) is 5.92 Å². The number of hydrogen-bond acceptors (Lipinski definition) is 2. The summed E-state index contributed by atoms with van der Waals surface area (Å²) >= 11 is 5.93. The highest BCUT2D eigenvalue weighted by Gasteiger charge is 2.25. The van der Waals surface area contributed by atoms with Crippen LogP contribution >= 0.6 is 11.6 Å². The maximum Gasteiger partial charge on any atom is 0.0406 e. The number of nitrogens with two attached hydrogens (primary N) is 1. The maximum absolute atomic E-state index is 6.06. The van der Waals surface area contributed by atoms with Crippen molar-refractivity contribution in [3.8, 4) is 0 Å². The maximum atomic E-state index is 6.06. The van der Waals surface area contributed by atoms with Crippen molar-refractivity contribution in [2.75, 3.05) is 13.1 Å². The first-order valence-electron chi connectivity index (χ1n) is 7.30. The first kappa shape index (κ1) is 14.8. The van der Waals surface area contributed by atoms with Gasteiger partial charge in [-0.2, -0.15) is 0 Å². The fraction of sp³-hybridized carbons (Fsp3) is 0.625. The van der Waals surface area contributed by atoms with E-state index in [0.717, 1.165) is 18.0 Å². The zero-order valence-corrected chi connectivity index (χ0v) is 12.7. The molecule has 0 spiro atoms. The highest BCUT2D eigenvalue weighted by Crippen LogP contribution is 2.22. The van der Waals surface area contributed by atoms with Gasteiger partial charge < -0.3 is 5.73 Å². The predicted molar refractivity (Wildman–Crippen MR) is 82.6 cm³/mol. The quantitative estimate of drug-likeness (QED) is 0.917. The van der Waals surface area contributed by atoms with E-state index in [1.165, 1.54) is 24.9 Å². The molecule has 1 heterocycles. The van der Waals surface area contributed by atoms with E-state index in [1.807, 2.05) is 12.1 Å². The highest BCUT2D eigenvalue weighted by molar-refractivity contribution is 6.30. The van der Waals surface area contributed by atoms with E-state index in [1.54, 1.807) is 0 Å². The van der Waals surface area contributed by atoms with Crippen LogP contribution in [0.1, 0.15) is 32.3 Å². The van der Waals surface area contributed by atoms with Gasteiger partial charge in [0.1, 0.15) is 0 Å². The zero-order chi connectivity index (χ0) is 13.8. The van der Waals surface area contributed by atoms with Crippen molar-refractivity contribution < 1.29 is 0 Å². The summed E-state index contributed by atoms with van der Waals surface area (Å²) in [6.07, 6.45) is 3.64. The lowest BCUT2D eigenvalue weighted by Gasteiger charge is -2.38. The Morgan fingerprint density at radius 3 is 2.63 bits per heavy atom. The molecule has 1 aliphatic heterocycles. The third-order valence-corrected chi connectivity index (χ3v) is 4.55. The number of hydrogen-bond donors (Lipinski definition) is 1. The normalized spacial score (nSPS) is 24.1. The number of piperidine rings is 1. The Hall–Kier alpha value is -0.570. The summed E-state index contributed by atoms with van der Waals surface area (Å²) in [5, 5.41) is 0.811. The van der Waals surface area contributed by atoms with E-state index < -0.39 is 0 Å². The van der Waals surface area contributed by atoms with Crippen LogP contribution in [-0.4, -0.2) is 30.1 Å². The van der Waals surface area contributed by atoms with Gasteiger partial charge in [0.15, 0.2) is 0 Å². The van der Waals surface area contributed by atoms with Crippen LogP contribution in [-0.2, 0) is 6.42 Å². The van der Waals surface area contributed by atoms with Gasteiger partial charge >= 0.3 is 0 Å². The van der Waals surface area contributed by atoms with Gasteiger partial charge in [-0.1, -0.05) is 23.7 Å². The van der Waals surface area contributed by atoms with E-state index >= 15 is 0 Å². The molecule has 3 heteroatoms. The molecule has 1 fully saturated rings. The standard InChI is InChI=1S/C16H25ClN2/c1-12(10-14-5-7-16(17)8-6-14)19-9-3-4-15(11-19)13(2)18/h5-8,12-13,15H,3-4,9-11,18H2,1-2H3. The number of nitrogens with zero attached hydrogens (tertiary/aromatic N) is 1. The Kier molecular flexibility index (Phi) is 5.26. The molecule has 1 aromatic rings. The van der Waals surface area contributed by atoms with Gasteiger partial charge in [0, 0.05) is 23.7 Å². The van der Waals surface area contributed by atoms with Crippen LogP contribution in [0.3, 0.4) is 0 Å². The Morgan fingerprint density at radius 2 is 2.00 bits per heavy atom. The van der Waals surface area contributed by atoms with Crippen LogP contribution in [0.25, 0.3) is 0 Å². The monoisotopic (exact) mass is 280 g/mol. The summed E-state index contributed by atoms with van der Waals surface area (Å²) in [7, 11) is 0. The first-order valence-corrected chi connectivity index (χ1v) is 7.68. The lowest BCUT2D eigenvalue weighted by molar-refractivity contribution is 0.121. The molecule has 0 aromatic heterocycles. The van der Waals surface area contributed by atoms with Crippen molar-refractivity contribution in [2.24, 2.45) is 11.7 Å². The van der Waals surface area contributed by atoms with E-state index in [2.05, 4.69) is 30.9 Å². The summed E-state index contributed by atoms with van der Waals surface area (Å²) in [6.45, 7) is 6.81. The zero-order valence-electron chi connectivity index (χ0n) is 12.0. The Balaban J connectivity index is 1.92. The molecular weight excluding hydrogens is 256 g/mol. The minimum Gasteiger partial charge on any atom is -0.328 e. The van der Waals surface area contributed by atoms with Gasteiger partial charge in [0.25, 0.3) is 0 Å². The molecule has 2 rings (SSSR count). The summed E-state index contributed by atoms with van der Waals surface area (Å²) < 4.78 is 0. The number of halogens is 1. The van der Waals surface area contributed by atoms with Crippen molar-refractivity contribution in [3.63, 3.8) is 0 Å². The lowest BCUT2D eigenvalue weighted by atomic mass is 9.90. The number of rotatable bonds is 4. The van der Waals surface area contributed by atoms with Crippen LogP contribution < -0.4 is 5.73 Å². The molecule has 19 heavy (non-hydrogen) atoms. The van der Waals surface area contributed by atoms with Gasteiger partial charge in [-0.15, -0.1) is 0 Å². The number of likely N-dealkylation sites (tertiary alicyclic amines) is 1. The fourth-order valence-electron chi connectivity index (χ4n) is 2.96. The molecule has 3 unspecified atom stereocenters. The van der Waals surface area contributed by atoms with Gasteiger partial charge in [0.05, 0.1) is 0 Å². The summed E-state index contributed by atoms with van der Waals surface area (Å²) in [4.78, 5) is 2.59. The minimum absolute atomic E-state index is 0.311. The van der Waals surface area contributed by atoms with Crippen molar-refractivity contribution in [3.05, 3.63) is 34.9 Å². The van der Waals surface area contributed by atoms with E-state index in [4.69, 9.17) is 17.3 Å². The molecule has 1 saturated heterocycles. The van der Waals surface area contributed by atoms with Crippen molar-refractivity contribution >= 4 is 11.6 Å². The summed E-state index contributed by atoms with van der Waals surface area (Å²) in [5.41, 5.74) is 7.42. The molecule has 0 saturated carbocycles. The second kappa shape index (κ2) is 6.74. The second-order valence-electron chi connectivity index (χ2n) is 5.94. The third kappa shape index (κ3) is 4.20. The van der Waals surface area contributed by atoms with E-state index in [9.17, 15) is 0 Å². The van der Waals surface area contributed by atoms with Crippen LogP contribution in [0.2, 0.25) is 5.02 Å². The van der Waals surface area contributed by atoms with Gasteiger partial charge in [-0.25, -0.2) is 0 Å². The summed E-state index contributed by atoms with van der Waals surface area (Å²) in [6, 6.07) is 9.10. The Morgan fingerprint density at radius 1 is 1.32 bits per heavy atom. The molecule has 1 aliphatic rings. The molecule has 0 radical (unpaired) electrons. The predicted octanol–water partition coefficient (Wildman–Crippen LogP) is 3.33. The molecule has 1 aromatic carbocycles. The van der Waals surface area contributed by atoms with E-state index in [0.29, 0.717) is 18.0 Å². The molecule has 106 valence electrons. The van der Waals surface area contributed by atoms with Crippen molar-refractivity contribution in [1.82, 2.24) is 4.90 Å². The average molecular weight is 281 g/mol. The second-order valence-corrected chi connectivity index (χ2v) is 6.37. The Labute approximate surface area is 121 Å². The first-order chi connectivity index (χ1) is 9.06. The number of benzene rings is 1. The van der Waals surface area contributed by atoms with Crippen LogP contribution in [0.15, 0.2) is 24.3 Å². The average Bonchev–Trinajstić information content (AvgIpc) is 2.41. The fourth-order valence-corrected chi connectivity index (χ4v) is 3.09. The Bertz CT molecular complexity index is 388. The van der Waals surface area contributed by atoms with Crippen molar-refractivity contribution in [2.45, 2.75) is 45.2 Å². The molecule has 0 amide bonds. The lowest BCUT2D eigenvalue weighted by Crippen LogP contribution is -2.46. The summed E-state index contributed by atoms with van der Waals surface area (Å²) in [5.74, 6) is 0.654. The van der Waals surface area contributed by atoms with Gasteiger partial charge in [-0.05, 0) is 63.3 Å².